The van der Waals surface area contributed by atoms with Crippen molar-refractivity contribution in [3.8, 4) is 10.4 Å². The Balaban J connectivity index is 1.81. The van der Waals surface area contributed by atoms with Gasteiger partial charge in [0, 0.05) is 29.4 Å². The molecule has 1 aliphatic heterocycles. The zero-order chi connectivity index (χ0) is 19.4. The molecule has 3 heterocycles. The number of nitrogens with one attached hydrogen (secondary N) is 1. The Bertz CT molecular complexity index is 854. The molecule has 0 spiro atoms. The minimum atomic E-state index is -0.777. The number of nitrogens with zero attached hydrogens (tertiary/aromatic N) is 2. The number of piperidine rings is 1. The lowest BCUT2D eigenvalue weighted by molar-refractivity contribution is 0.0129. The van der Waals surface area contributed by atoms with E-state index in [9.17, 15) is 14.4 Å². The van der Waals surface area contributed by atoms with Crippen LogP contribution in [0.4, 0.5) is 14.6 Å². The van der Waals surface area contributed by atoms with Gasteiger partial charge in [0.05, 0.1) is 12.1 Å². The third-order valence-corrected chi connectivity index (χ3v) is 5.20. The third-order valence-electron chi connectivity index (χ3n) is 4.10. The van der Waals surface area contributed by atoms with Gasteiger partial charge in [-0.05, 0) is 25.0 Å². The maximum atomic E-state index is 12.7. The number of thiophene rings is 1. The number of hydrogen-bond donors (Lipinski definition) is 3. The van der Waals surface area contributed by atoms with Crippen molar-refractivity contribution in [2.45, 2.75) is 18.9 Å². The van der Waals surface area contributed by atoms with Gasteiger partial charge >= 0.3 is 18.0 Å². The predicted molar refractivity (Wildman–Crippen MR) is 100 cm³/mol. The second-order valence-corrected chi connectivity index (χ2v) is 7.09. The number of aromatic nitrogens is 1. The maximum absolute atomic E-state index is 12.7. The third kappa shape index (κ3) is 4.53. The van der Waals surface area contributed by atoms with E-state index in [1.54, 1.807) is 24.5 Å². The first kappa shape index (κ1) is 18.6. The second kappa shape index (κ2) is 8.04. The number of pyridine rings is 1. The van der Waals surface area contributed by atoms with E-state index in [-0.39, 0.29) is 12.1 Å². The molecule has 0 bridgehead atoms. The molecule has 2 aromatic rings. The van der Waals surface area contributed by atoms with Crippen molar-refractivity contribution in [2.75, 3.05) is 18.4 Å². The van der Waals surface area contributed by atoms with Gasteiger partial charge in [-0.2, -0.15) is 0 Å². The van der Waals surface area contributed by atoms with Crippen LogP contribution in [0.3, 0.4) is 0 Å². The molecule has 1 atom stereocenters. The van der Waals surface area contributed by atoms with Crippen molar-refractivity contribution in [1.29, 1.82) is 0 Å². The summed E-state index contributed by atoms with van der Waals surface area (Å²) < 4.78 is 5.54. The molecule has 1 saturated heterocycles. The van der Waals surface area contributed by atoms with E-state index in [1.165, 1.54) is 16.2 Å². The molecular weight excluding hydrogens is 370 g/mol. The first-order valence-electron chi connectivity index (χ1n) is 8.30. The van der Waals surface area contributed by atoms with Gasteiger partial charge in [-0.3, -0.25) is 10.3 Å². The Kier molecular flexibility index (Phi) is 5.55. The molecule has 9 nitrogen and oxygen atoms in total. The SMILES string of the molecule is NC(=O)Nc1sc(-c2cccnc2)cc1C(=O)OC1CCCN(C(N)=O)C1. The monoisotopic (exact) mass is 389 g/mol. The van der Waals surface area contributed by atoms with Gasteiger partial charge < -0.3 is 21.1 Å². The van der Waals surface area contributed by atoms with Crippen LogP contribution in [0.5, 0.6) is 0 Å². The van der Waals surface area contributed by atoms with Crippen molar-refractivity contribution in [3.63, 3.8) is 0 Å². The summed E-state index contributed by atoms with van der Waals surface area (Å²) in [6.45, 7) is 0.792. The van der Waals surface area contributed by atoms with Crippen LogP contribution < -0.4 is 16.8 Å². The number of urea groups is 2. The van der Waals surface area contributed by atoms with Crippen LogP contribution >= 0.6 is 11.3 Å². The fraction of sp³-hybridized carbons (Fsp3) is 0.294. The lowest BCUT2D eigenvalue weighted by atomic mass is 10.1. The quantitative estimate of drug-likeness (QED) is 0.686. The van der Waals surface area contributed by atoms with Crippen LogP contribution in [0.2, 0.25) is 0 Å². The van der Waals surface area contributed by atoms with E-state index in [0.29, 0.717) is 24.4 Å². The number of esters is 1. The normalized spacial score (nSPS) is 16.6. The van der Waals surface area contributed by atoms with E-state index in [2.05, 4.69) is 10.3 Å². The zero-order valence-corrected chi connectivity index (χ0v) is 15.2. The van der Waals surface area contributed by atoms with E-state index in [4.69, 9.17) is 16.2 Å². The van der Waals surface area contributed by atoms with Gasteiger partial charge in [0.2, 0.25) is 0 Å². The summed E-state index contributed by atoms with van der Waals surface area (Å²) in [5.74, 6) is -0.596. The molecule has 1 aliphatic rings. The fourth-order valence-electron chi connectivity index (χ4n) is 2.85. The summed E-state index contributed by atoms with van der Waals surface area (Å²) in [7, 11) is 0. The first-order valence-corrected chi connectivity index (χ1v) is 9.11. The highest BCUT2D eigenvalue weighted by molar-refractivity contribution is 7.20. The molecule has 5 N–H and O–H groups in total. The minimum Gasteiger partial charge on any atom is -0.457 e. The summed E-state index contributed by atoms with van der Waals surface area (Å²) in [5.41, 5.74) is 11.5. The number of anilines is 1. The highest BCUT2D eigenvalue weighted by Gasteiger charge is 2.27. The largest absolute Gasteiger partial charge is 0.457 e. The summed E-state index contributed by atoms with van der Waals surface area (Å²) >= 11 is 1.20. The highest BCUT2D eigenvalue weighted by atomic mass is 32.1. The molecule has 0 aliphatic carbocycles. The standard InChI is InChI=1S/C17H19N5O4S/c18-16(24)21-14-12(7-13(27-14)10-3-1-5-20-8-10)15(23)26-11-4-2-6-22(9-11)17(19)25/h1,3,5,7-8,11H,2,4,6,9H2,(H2,19,25)(H3,18,21,24). The lowest BCUT2D eigenvalue weighted by Crippen LogP contribution is -2.46. The number of amides is 4. The van der Waals surface area contributed by atoms with Gasteiger partial charge in [0.15, 0.2) is 0 Å². The van der Waals surface area contributed by atoms with Gasteiger partial charge in [0.25, 0.3) is 0 Å². The molecule has 10 heteroatoms. The average Bonchev–Trinajstić information content (AvgIpc) is 3.06. The number of carbonyl (C=O) groups is 3. The average molecular weight is 389 g/mol. The molecule has 2 aromatic heterocycles. The lowest BCUT2D eigenvalue weighted by Gasteiger charge is -2.31. The number of likely N-dealkylation sites (tertiary alicyclic amines) is 1. The van der Waals surface area contributed by atoms with E-state index in [0.717, 1.165) is 10.4 Å². The topological polar surface area (TPSA) is 141 Å². The van der Waals surface area contributed by atoms with Gasteiger partial charge in [-0.15, -0.1) is 11.3 Å². The minimum absolute atomic E-state index is 0.203. The Labute approximate surface area is 159 Å². The zero-order valence-electron chi connectivity index (χ0n) is 14.4. The molecule has 142 valence electrons. The molecule has 3 rings (SSSR count). The summed E-state index contributed by atoms with van der Waals surface area (Å²) in [4.78, 5) is 41.5. The molecule has 27 heavy (non-hydrogen) atoms. The number of carbonyl (C=O) groups excluding carboxylic acids is 3. The summed E-state index contributed by atoms with van der Waals surface area (Å²) in [5, 5.41) is 2.76. The molecule has 4 amide bonds. The Morgan fingerprint density at radius 1 is 1.33 bits per heavy atom. The van der Waals surface area contributed by atoms with Crippen LogP contribution in [0.1, 0.15) is 23.2 Å². The molecule has 0 radical (unpaired) electrons. The van der Waals surface area contributed by atoms with E-state index < -0.39 is 24.1 Å². The second-order valence-electron chi connectivity index (χ2n) is 6.04. The smallest absolute Gasteiger partial charge is 0.341 e. The number of ether oxygens (including phenoxy) is 1. The summed E-state index contributed by atoms with van der Waals surface area (Å²) in [6.07, 6.45) is 4.16. The van der Waals surface area contributed by atoms with Crippen LogP contribution in [0, 0.1) is 0 Å². The molecular formula is C17H19N5O4S. The molecule has 1 fully saturated rings. The van der Waals surface area contributed by atoms with Crippen molar-refractivity contribution < 1.29 is 19.1 Å². The first-order chi connectivity index (χ1) is 12.9. The molecule has 0 aromatic carbocycles. The maximum Gasteiger partial charge on any atom is 0.341 e. The number of hydrogen-bond acceptors (Lipinski definition) is 6. The number of primary amides is 2. The fourth-order valence-corrected chi connectivity index (χ4v) is 3.89. The predicted octanol–water partition coefficient (Wildman–Crippen LogP) is 2.00. The Hall–Kier alpha value is -3.14. The van der Waals surface area contributed by atoms with Crippen molar-refractivity contribution in [3.05, 3.63) is 36.2 Å². The van der Waals surface area contributed by atoms with Crippen molar-refractivity contribution >= 4 is 34.4 Å². The van der Waals surface area contributed by atoms with Gasteiger partial charge in [-0.1, -0.05) is 6.07 Å². The number of nitrogens with two attached hydrogens (primary N) is 2. The van der Waals surface area contributed by atoms with Crippen LogP contribution in [-0.4, -0.2) is 47.1 Å². The van der Waals surface area contributed by atoms with E-state index in [1.807, 2.05) is 6.07 Å². The van der Waals surface area contributed by atoms with Crippen molar-refractivity contribution in [2.24, 2.45) is 11.5 Å². The van der Waals surface area contributed by atoms with Gasteiger partial charge in [0.1, 0.15) is 11.1 Å². The van der Waals surface area contributed by atoms with Crippen LogP contribution in [-0.2, 0) is 4.74 Å². The Morgan fingerprint density at radius 3 is 2.81 bits per heavy atom. The molecule has 1 unspecified atom stereocenters. The number of rotatable bonds is 4. The summed E-state index contributed by atoms with van der Waals surface area (Å²) in [6, 6.07) is 3.93. The van der Waals surface area contributed by atoms with Crippen LogP contribution in [0.15, 0.2) is 30.6 Å². The van der Waals surface area contributed by atoms with Gasteiger partial charge in [-0.25, -0.2) is 14.4 Å². The van der Waals surface area contributed by atoms with E-state index >= 15 is 0 Å². The van der Waals surface area contributed by atoms with Crippen molar-refractivity contribution in [1.82, 2.24) is 9.88 Å². The Morgan fingerprint density at radius 2 is 2.15 bits per heavy atom. The van der Waals surface area contributed by atoms with Crippen LogP contribution in [0.25, 0.3) is 10.4 Å². The molecule has 0 saturated carbocycles. The highest BCUT2D eigenvalue weighted by Crippen LogP contribution is 2.36.